The lowest BCUT2D eigenvalue weighted by atomic mass is 10.2. The van der Waals surface area contributed by atoms with E-state index in [0.29, 0.717) is 0 Å². The third-order valence-corrected chi connectivity index (χ3v) is 1.44. The van der Waals surface area contributed by atoms with Gasteiger partial charge in [-0.15, -0.1) is 0 Å². The molecule has 0 saturated heterocycles. The minimum atomic E-state index is 0.125. The van der Waals surface area contributed by atoms with Crippen LogP contribution in [-0.2, 0) is 0 Å². The number of ether oxygens (including phenoxy) is 1. The van der Waals surface area contributed by atoms with Gasteiger partial charge in [-0.2, -0.15) is 0 Å². The van der Waals surface area contributed by atoms with E-state index in [1.165, 1.54) is 0 Å². The van der Waals surface area contributed by atoms with Crippen molar-refractivity contribution in [3.63, 3.8) is 0 Å². The Balaban J connectivity index is 2.98. The predicted octanol–water partition coefficient (Wildman–Crippen LogP) is 3.12. The first-order valence-corrected chi connectivity index (χ1v) is 4.03. The first kappa shape index (κ1) is 7.41. The summed E-state index contributed by atoms with van der Waals surface area (Å²) < 4.78 is 13.0. The van der Waals surface area contributed by atoms with Gasteiger partial charge in [0, 0.05) is 5.56 Å². The first-order valence-electron chi connectivity index (χ1n) is 4.53. The van der Waals surface area contributed by atoms with Crippen LogP contribution in [-0.4, -0.2) is 6.10 Å². The summed E-state index contributed by atoms with van der Waals surface area (Å²) in [6.45, 7) is 7.50. The second-order valence-corrected chi connectivity index (χ2v) is 2.84. The van der Waals surface area contributed by atoms with Crippen molar-refractivity contribution in [3.8, 4) is 5.75 Å². The van der Waals surface area contributed by atoms with Gasteiger partial charge in [0.1, 0.15) is 5.75 Å². The van der Waals surface area contributed by atoms with E-state index in [2.05, 4.69) is 6.58 Å². The van der Waals surface area contributed by atoms with Crippen LogP contribution < -0.4 is 4.74 Å². The highest BCUT2D eigenvalue weighted by Gasteiger charge is 2.00. The van der Waals surface area contributed by atoms with Crippen LogP contribution in [0.25, 0.3) is 6.05 Å². The Morgan fingerprint density at radius 2 is 2.17 bits per heavy atom. The van der Waals surface area contributed by atoms with Crippen molar-refractivity contribution in [2.24, 2.45) is 0 Å². The third-order valence-electron chi connectivity index (χ3n) is 1.44. The Morgan fingerprint density at radius 1 is 1.50 bits per heavy atom. The molecule has 0 spiro atoms. The molecule has 1 aromatic carbocycles. The fourth-order valence-electron chi connectivity index (χ4n) is 0.969. The van der Waals surface area contributed by atoms with E-state index >= 15 is 0 Å². The van der Waals surface area contributed by atoms with Gasteiger partial charge in [0.15, 0.2) is 0 Å². The minimum absolute atomic E-state index is 0.125. The van der Waals surface area contributed by atoms with E-state index < -0.39 is 0 Å². The lowest BCUT2D eigenvalue weighted by molar-refractivity contribution is 0.242. The number of para-hydroxylation sites is 1. The molecule has 0 aliphatic heterocycles. The molecular weight excluding hydrogens is 148 g/mol. The number of hydrogen-bond acceptors (Lipinski definition) is 1. The van der Waals surface area contributed by atoms with Crippen molar-refractivity contribution >= 4 is 6.05 Å². The van der Waals surface area contributed by atoms with Crippen LogP contribution in [0, 0.1) is 0 Å². The Morgan fingerprint density at radius 3 is 2.75 bits per heavy atom. The molecule has 0 saturated carbocycles. The van der Waals surface area contributed by atoms with Crippen molar-refractivity contribution in [1.29, 1.82) is 0 Å². The molecule has 0 unspecified atom stereocenters. The normalized spacial score (nSPS) is 11.1. The van der Waals surface area contributed by atoms with Crippen molar-refractivity contribution in [3.05, 3.63) is 36.4 Å². The van der Waals surface area contributed by atoms with Crippen LogP contribution >= 0.6 is 0 Å². The molecule has 12 heavy (non-hydrogen) atoms. The van der Waals surface area contributed by atoms with Gasteiger partial charge < -0.3 is 4.74 Å². The quantitative estimate of drug-likeness (QED) is 0.665. The van der Waals surface area contributed by atoms with Gasteiger partial charge in [0.05, 0.1) is 7.47 Å². The minimum Gasteiger partial charge on any atom is -0.490 e. The molecule has 64 valence electrons. The zero-order valence-electron chi connectivity index (χ0n) is 8.50. The molecule has 0 amide bonds. The highest BCUT2D eigenvalue weighted by atomic mass is 16.5. The topological polar surface area (TPSA) is 9.23 Å². The first-order chi connectivity index (χ1) is 6.11. The Bertz CT molecular complexity index is 305. The smallest absolute Gasteiger partial charge is 0.126 e. The van der Waals surface area contributed by atoms with Crippen molar-refractivity contribution in [1.82, 2.24) is 0 Å². The molecule has 0 aliphatic carbocycles. The summed E-state index contributed by atoms with van der Waals surface area (Å²) in [5.74, 6) is 0.734. The van der Waals surface area contributed by atoms with Crippen LogP contribution in [0.4, 0.5) is 0 Å². The van der Waals surface area contributed by atoms with Crippen molar-refractivity contribution in [2.75, 3.05) is 0 Å². The van der Waals surface area contributed by atoms with E-state index in [1.807, 2.05) is 38.1 Å². The highest BCUT2D eigenvalue weighted by Crippen LogP contribution is 2.19. The Kier molecular flexibility index (Phi) is 2.44. The van der Waals surface area contributed by atoms with Gasteiger partial charge in [0.2, 0.25) is 0 Å². The fourth-order valence-corrected chi connectivity index (χ4v) is 0.969. The molecule has 0 aromatic heterocycles. The van der Waals surface area contributed by atoms with Gasteiger partial charge in [-0.25, -0.2) is 0 Å². The maximum Gasteiger partial charge on any atom is 0.126 e. The maximum absolute atomic E-state index is 7.43. The van der Waals surface area contributed by atoms with E-state index in [9.17, 15) is 0 Å². The fraction of sp³-hybridized carbons (Fsp3) is 0.273. The molecule has 0 N–H and O–H groups in total. The van der Waals surface area contributed by atoms with Crippen LogP contribution in [0.2, 0.25) is 0 Å². The summed E-state index contributed by atoms with van der Waals surface area (Å²) in [4.78, 5) is 0. The SMILES string of the molecule is [2H]C(=C)c1ccccc1OC(C)C. The van der Waals surface area contributed by atoms with E-state index in [-0.39, 0.29) is 12.2 Å². The molecule has 0 bridgehead atoms. The third kappa shape index (κ3) is 2.12. The average Bonchev–Trinajstić information content (AvgIpc) is 2.03. The summed E-state index contributed by atoms with van der Waals surface area (Å²) in [5, 5.41) is 0. The highest BCUT2D eigenvalue weighted by molar-refractivity contribution is 5.55. The van der Waals surface area contributed by atoms with E-state index in [0.717, 1.165) is 11.3 Å². The van der Waals surface area contributed by atoms with Gasteiger partial charge in [-0.05, 0) is 19.9 Å². The number of rotatable bonds is 3. The molecule has 1 heteroatoms. The summed E-state index contributed by atoms with van der Waals surface area (Å²) in [5.41, 5.74) is 0.760. The second kappa shape index (κ2) is 3.96. The number of benzene rings is 1. The monoisotopic (exact) mass is 163 g/mol. The van der Waals surface area contributed by atoms with E-state index in [4.69, 9.17) is 6.11 Å². The second-order valence-electron chi connectivity index (χ2n) is 2.84. The summed E-state index contributed by atoms with van der Waals surface area (Å²) in [7, 11) is 0. The van der Waals surface area contributed by atoms with Crippen LogP contribution in [0.1, 0.15) is 20.8 Å². The van der Waals surface area contributed by atoms with Crippen LogP contribution in [0.15, 0.2) is 30.8 Å². The van der Waals surface area contributed by atoms with Crippen LogP contribution in [0.5, 0.6) is 5.75 Å². The molecule has 0 heterocycles. The summed E-state index contributed by atoms with van der Waals surface area (Å²) in [6.07, 6.45) is 0.125. The zero-order chi connectivity index (χ0) is 9.84. The predicted molar refractivity (Wildman–Crippen MR) is 52.3 cm³/mol. The summed E-state index contributed by atoms with van der Waals surface area (Å²) >= 11 is 0. The van der Waals surface area contributed by atoms with Crippen LogP contribution in [0.3, 0.4) is 0 Å². The molecule has 0 fully saturated rings. The maximum atomic E-state index is 7.43. The Labute approximate surface area is 75.1 Å². The average molecular weight is 163 g/mol. The lowest BCUT2D eigenvalue weighted by Crippen LogP contribution is -2.06. The van der Waals surface area contributed by atoms with Crippen molar-refractivity contribution in [2.45, 2.75) is 20.0 Å². The Hall–Kier alpha value is -1.24. The zero-order valence-corrected chi connectivity index (χ0v) is 7.50. The molecule has 0 radical (unpaired) electrons. The number of hydrogen-bond donors (Lipinski definition) is 0. The molecule has 0 atom stereocenters. The summed E-state index contributed by atoms with van der Waals surface area (Å²) in [6, 6.07) is 7.75. The largest absolute Gasteiger partial charge is 0.490 e. The van der Waals surface area contributed by atoms with Gasteiger partial charge in [0.25, 0.3) is 0 Å². The lowest BCUT2D eigenvalue weighted by Gasteiger charge is -2.11. The van der Waals surface area contributed by atoms with Crippen molar-refractivity contribution < 1.29 is 6.11 Å². The van der Waals surface area contributed by atoms with Gasteiger partial charge in [-0.1, -0.05) is 30.8 Å². The van der Waals surface area contributed by atoms with E-state index in [1.54, 1.807) is 0 Å². The molecular formula is C11H14O. The molecule has 1 rings (SSSR count). The van der Waals surface area contributed by atoms with Gasteiger partial charge in [-0.3, -0.25) is 0 Å². The van der Waals surface area contributed by atoms with Gasteiger partial charge >= 0.3 is 0 Å². The molecule has 1 nitrogen and oxygen atoms in total. The standard InChI is InChI=1S/C11H14O/c1-4-10-7-5-6-8-11(10)12-9(2)3/h4-9H,1H2,2-3H3/i4D. The molecule has 1 aromatic rings. The molecule has 0 aliphatic rings.